The number of hydrogen-bond donors (Lipinski definition) is 0. The highest BCUT2D eigenvalue weighted by Gasteiger charge is 2.44. The second-order valence-electron chi connectivity index (χ2n) is 7.89. The molecule has 2 aliphatic rings. The van der Waals surface area contributed by atoms with E-state index in [2.05, 4.69) is 18.1 Å². The summed E-state index contributed by atoms with van der Waals surface area (Å²) in [6.07, 6.45) is 2.75. The molecule has 3 rings (SSSR count). The van der Waals surface area contributed by atoms with Gasteiger partial charge in [-0.05, 0) is 75.6 Å². The summed E-state index contributed by atoms with van der Waals surface area (Å²) in [5.41, 5.74) is 2.30. The Hall–Kier alpha value is -1.91. The number of halogens is 3. The van der Waals surface area contributed by atoms with Gasteiger partial charge in [0.2, 0.25) is 0 Å². The fourth-order valence-corrected chi connectivity index (χ4v) is 4.39. The van der Waals surface area contributed by atoms with Crippen molar-refractivity contribution < 1.29 is 17.9 Å². The van der Waals surface area contributed by atoms with E-state index in [1.807, 2.05) is 18.2 Å². The van der Waals surface area contributed by atoms with Crippen LogP contribution in [0, 0.1) is 11.3 Å². The van der Waals surface area contributed by atoms with Crippen molar-refractivity contribution in [2.24, 2.45) is 11.3 Å². The van der Waals surface area contributed by atoms with E-state index in [1.54, 1.807) is 12.1 Å². The zero-order valence-corrected chi connectivity index (χ0v) is 15.9. The van der Waals surface area contributed by atoms with Crippen LogP contribution >= 0.6 is 0 Å². The molecule has 1 atom stereocenters. The van der Waals surface area contributed by atoms with Gasteiger partial charge >= 0.3 is 6.18 Å². The normalized spacial score (nSPS) is 27.0. The minimum absolute atomic E-state index is 0.178. The fourth-order valence-electron chi connectivity index (χ4n) is 4.39. The van der Waals surface area contributed by atoms with Crippen LogP contribution < -0.4 is 9.64 Å². The Bertz CT molecular complexity index is 672. The highest BCUT2D eigenvalue weighted by atomic mass is 19.4. The molecule has 1 aromatic rings. The van der Waals surface area contributed by atoms with Crippen LogP contribution in [0.5, 0.6) is 5.75 Å². The lowest BCUT2D eigenvalue weighted by Crippen LogP contribution is -2.31. The quantitative estimate of drug-likeness (QED) is 0.542. The van der Waals surface area contributed by atoms with Gasteiger partial charge in [0, 0.05) is 23.3 Å². The van der Waals surface area contributed by atoms with E-state index in [0.29, 0.717) is 0 Å². The topological polar surface area (TPSA) is 12.5 Å². The minimum Gasteiger partial charge on any atom is -0.481 e. The molecule has 2 nitrogen and oxygen atoms in total. The number of nitrogens with zero attached hydrogens (tertiary/aromatic N) is 1. The summed E-state index contributed by atoms with van der Waals surface area (Å²) >= 11 is 0. The highest BCUT2D eigenvalue weighted by molar-refractivity contribution is 5.56. The first-order chi connectivity index (χ1) is 12.7. The molecule has 1 saturated heterocycles. The molecule has 1 saturated carbocycles. The number of allylic oxidation sites excluding steroid dienone is 2. The Morgan fingerprint density at radius 3 is 2.41 bits per heavy atom. The van der Waals surface area contributed by atoms with Crippen molar-refractivity contribution in [1.29, 1.82) is 0 Å². The van der Waals surface area contributed by atoms with Crippen LogP contribution in [0.2, 0.25) is 0 Å². The molecule has 2 fully saturated rings. The maximum absolute atomic E-state index is 12.6. The molecule has 0 amide bonds. The van der Waals surface area contributed by atoms with Gasteiger partial charge in [-0.2, -0.15) is 13.2 Å². The third-order valence-corrected chi connectivity index (χ3v) is 6.24. The van der Waals surface area contributed by atoms with Crippen LogP contribution in [-0.2, 0) is 0 Å². The Kier molecular flexibility index (Phi) is 5.59. The molecule has 148 valence electrons. The Morgan fingerprint density at radius 1 is 1.22 bits per heavy atom. The molecule has 0 N–H and O–H groups in total. The van der Waals surface area contributed by atoms with E-state index in [9.17, 15) is 13.2 Å². The summed E-state index contributed by atoms with van der Waals surface area (Å²) in [6.45, 7) is 10.2. The fraction of sp³-hybridized carbons (Fsp3) is 0.545. The summed E-state index contributed by atoms with van der Waals surface area (Å²) in [4.78, 5) is 2.21. The number of rotatable bonds is 5. The van der Waals surface area contributed by atoms with Crippen LogP contribution in [0.25, 0.3) is 0 Å². The van der Waals surface area contributed by atoms with Gasteiger partial charge in [-0.1, -0.05) is 12.7 Å². The van der Waals surface area contributed by atoms with E-state index in [1.165, 1.54) is 12.8 Å². The predicted molar refractivity (Wildman–Crippen MR) is 103 cm³/mol. The molecule has 0 bridgehead atoms. The van der Waals surface area contributed by atoms with Crippen LogP contribution in [0.4, 0.5) is 18.9 Å². The molecule has 1 aliphatic heterocycles. The van der Waals surface area contributed by atoms with E-state index >= 15 is 0 Å². The molecule has 27 heavy (non-hydrogen) atoms. The van der Waals surface area contributed by atoms with Crippen molar-refractivity contribution in [3.8, 4) is 5.75 Å². The Morgan fingerprint density at radius 2 is 1.85 bits per heavy atom. The van der Waals surface area contributed by atoms with Gasteiger partial charge in [-0.3, -0.25) is 0 Å². The molecule has 1 spiro atoms. The summed E-state index contributed by atoms with van der Waals surface area (Å²) in [5, 5.41) is 0. The number of hydrogen-bond acceptors (Lipinski definition) is 2. The van der Waals surface area contributed by atoms with Crippen molar-refractivity contribution in [2.45, 2.75) is 57.7 Å². The largest absolute Gasteiger partial charge is 0.481 e. The highest BCUT2D eigenvalue weighted by Crippen LogP contribution is 2.52. The van der Waals surface area contributed by atoms with Gasteiger partial charge in [0.1, 0.15) is 5.75 Å². The smallest absolute Gasteiger partial charge is 0.425 e. The first-order valence-electron chi connectivity index (χ1n) is 9.66. The summed E-state index contributed by atoms with van der Waals surface area (Å²) in [6, 6.07) is 6.87. The van der Waals surface area contributed by atoms with Crippen LogP contribution in [0.15, 0.2) is 49.2 Å². The van der Waals surface area contributed by atoms with Crippen molar-refractivity contribution in [3.63, 3.8) is 0 Å². The number of anilines is 1. The third kappa shape index (κ3) is 4.17. The molecule has 1 aromatic carbocycles. The maximum atomic E-state index is 12.6. The molecule has 1 unspecified atom stereocenters. The molecular weight excluding hydrogens is 351 g/mol. The van der Waals surface area contributed by atoms with Crippen molar-refractivity contribution in [1.82, 2.24) is 0 Å². The third-order valence-electron chi connectivity index (χ3n) is 6.24. The van der Waals surface area contributed by atoms with Crippen molar-refractivity contribution in [2.75, 3.05) is 11.4 Å². The second-order valence-corrected chi connectivity index (χ2v) is 7.89. The average molecular weight is 379 g/mol. The van der Waals surface area contributed by atoms with Crippen LogP contribution in [0.3, 0.4) is 0 Å². The van der Waals surface area contributed by atoms with Gasteiger partial charge in [-0.25, -0.2) is 0 Å². The lowest BCUT2D eigenvalue weighted by Gasteiger charge is -2.38. The zero-order chi connectivity index (χ0) is 19.7. The van der Waals surface area contributed by atoms with Crippen LogP contribution in [0.1, 0.15) is 45.4 Å². The van der Waals surface area contributed by atoms with Crippen LogP contribution in [-0.4, -0.2) is 18.8 Å². The molecule has 0 radical (unpaired) electrons. The van der Waals surface area contributed by atoms with Gasteiger partial charge < -0.3 is 9.64 Å². The van der Waals surface area contributed by atoms with E-state index < -0.39 is 12.3 Å². The molecule has 5 heteroatoms. The number of ether oxygens (including phenoxy) is 1. The zero-order valence-electron chi connectivity index (χ0n) is 15.9. The summed E-state index contributed by atoms with van der Waals surface area (Å²) in [5.74, 6) is 0.968. The lowest BCUT2D eigenvalue weighted by atomic mass is 9.68. The van der Waals surface area contributed by atoms with E-state index in [-0.39, 0.29) is 11.2 Å². The number of alkyl halides is 3. The van der Waals surface area contributed by atoms with Gasteiger partial charge in [-0.15, -0.1) is 6.58 Å². The van der Waals surface area contributed by atoms with Gasteiger partial charge in [0.25, 0.3) is 0 Å². The second kappa shape index (κ2) is 7.61. The first kappa shape index (κ1) is 19.8. The standard InChI is InChI=1S/C22H28F3NO/c1-4-5-18-10-12-21(13-11-18)14-15-26(16(21)2)19-6-8-20(9-7-19)27-17(3)22(23,24)25/h4,6-9,17-18H,1-2,5,10-15H2,3H3. The molecule has 0 aromatic heterocycles. The van der Waals surface area contributed by atoms with E-state index in [4.69, 9.17) is 4.74 Å². The van der Waals surface area contributed by atoms with Crippen molar-refractivity contribution >= 4 is 5.69 Å². The Balaban J connectivity index is 1.64. The minimum atomic E-state index is -4.36. The predicted octanol–water partition coefficient (Wildman–Crippen LogP) is 6.49. The number of benzene rings is 1. The molecule has 1 aliphatic carbocycles. The maximum Gasteiger partial charge on any atom is 0.425 e. The van der Waals surface area contributed by atoms with Gasteiger partial charge in [0.05, 0.1) is 0 Å². The SMILES string of the molecule is C=CCC1CCC2(CC1)CCN(c1ccc(OC(C)C(F)(F)F)cc1)C2=C. The summed E-state index contributed by atoms with van der Waals surface area (Å²) < 4.78 is 42.9. The first-order valence-corrected chi connectivity index (χ1v) is 9.66. The molecular formula is C22H28F3NO. The Labute approximate surface area is 159 Å². The molecule has 1 heterocycles. The van der Waals surface area contributed by atoms with Crippen molar-refractivity contribution in [3.05, 3.63) is 49.2 Å². The van der Waals surface area contributed by atoms with Gasteiger partial charge in [0.15, 0.2) is 6.10 Å². The summed E-state index contributed by atoms with van der Waals surface area (Å²) in [7, 11) is 0. The average Bonchev–Trinajstić information content (AvgIpc) is 2.94. The lowest BCUT2D eigenvalue weighted by molar-refractivity contribution is -0.189. The van der Waals surface area contributed by atoms with E-state index in [0.717, 1.165) is 56.5 Å². The monoisotopic (exact) mass is 379 g/mol.